The number of hydrogen-bond donors (Lipinski definition) is 2. The van der Waals surface area contributed by atoms with Gasteiger partial charge in [-0.1, -0.05) is 23.7 Å². The summed E-state index contributed by atoms with van der Waals surface area (Å²) in [5.41, 5.74) is 1.99. The van der Waals surface area contributed by atoms with Crippen LogP contribution >= 0.6 is 11.6 Å². The molecular weight excluding hydrogens is 381 g/mol. The highest BCUT2D eigenvalue weighted by Crippen LogP contribution is 2.20. The van der Waals surface area contributed by atoms with Crippen molar-refractivity contribution in [2.75, 3.05) is 24.3 Å². The van der Waals surface area contributed by atoms with Crippen LogP contribution in [0.3, 0.4) is 0 Å². The van der Waals surface area contributed by atoms with Crippen molar-refractivity contribution in [3.05, 3.63) is 82.8 Å². The van der Waals surface area contributed by atoms with E-state index in [1.165, 1.54) is 30.0 Å². The van der Waals surface area contributed by atoms with Gasteiger partial charge >= 0.3 is 0 Å². The average Bonchev–Trinajstić information content (AvgIpc) is 2.72. The Kier molecular flexibility index (Phi) is 6.45. The van der Waals surface area contributed by atoms with Crippen molar-refractivity contribution in [1.82, 2.24) is 4.98 Å². The van der Waals surface area contributed by atoms with E-state index in [1.54, 1.807) is 19.2 Å². The summed E-state index contributed by atoms with van der Waals surface area (Å²) in [6.45, 7) is 0.707. The molecule has 0 radical (unpaired) electrons. The molecule has 2 N–H and O–H groups in total. The van der Waals surface area contributed by atoms with Gasteiger partial charge in [0.05, 0.1) is 17.7 Å². The van der Waals surface area contributed by atoms with Gasteiger partial charge in [-0.15, -0.1) is 0 Å². The normalized spacial score (nSPS) is 10.4. The summed E-state index contributed by atoms with van der Waals surface area (Å²) in [6, 6.07) is 15.3. The Morgan fingerprint density at radius 1 is 1.14 bits per heavy atom. The highest BCUT2D eigenvalue weighted by atomic mass is 35.5. The van der Waals surface area contributed by atoms with Crippen molar-refractivity contribution in [1.29, 1.82) is 0 Å². The van der Waals surface area contributed by atoms with Gasteiger partial charge in [-0.05, 0) is 54.4 Å². The van der Waals surface area contributed by atoms with Crippen molar-refractivity contribution < 1.29 is 13.9 Å². The predicted molar refractivity (Wildman–Crippen MR) is 109 cm³/mol. The summed E-state index contributed by atoms with van der Waals surface area (Å²) in [5.74, 6) is 0.622. The fourth-order valence-electron chi connectivity index (χ4n) is 2.54. The first-order chi connectivity index (χ1) is 13.5. The Bertz CT molecular complexity index is 947. The molecule has 5 nitrogen and oxygen atoms in total. The molecule has 28 heavy (non-hydrogen) atoms. The standard InChI is InChI=1S/C21H19ClFN3O2/c1-28-17-6-2-14(3-7-17)10-11-24-20-9-4-15(13-25-20)21(27)26-16-5-8-19(23)18(22)12-16/h2-9,12-13H,10-11H2,1H3,(H,24,25)(H,26,27). The number of pyridine rings is 1. The van der Waals surface area contributed by atoms with Crippen LogP contribution in [0.15, 0.2) is 60.8 Å². The molecule has 0 saturated carbocycles. The van der Waals surface area contributed by atoms with Gasteiger partial charge in [0.1, 0.15) is 17.4 Å². The van der Waals surface area contributed by atoms with Gasteiger partial charge in [-0.25, -0.2) is 9.37 Å². The number of anilines is 2. The summed E-state index contributed by atoms with van der Waals surface area (Å²) < 4.78 is 18.3. The Morgan fingerprint density at radius 3 is 2.57 bits per heavy atom. The van der Waals surface area contributed by atoms with Crippen LogP contribution in [0.25, 0.3) is 0 Å². The van der Waals surface area contributed by atoms with Crippen LogP contribution in [-0.2, 0) is 6.42 Å². The van der Waals surface area contributed by atoms with Crippen LogP contribution in [0.1, 0.15) is 15.9 Å². The second-order valence-corrected chi connectivity index (χ2v) is 6.45. The minimum Gasteiger partial charge on any atom is -0.497 e. The first kappa shape index (κ1) is 19.6. The van der Waals surface area contributed by atoms with Gasteiger partial charge in [0.15, 0.2) is 0 Å². The Balaban J connectivity index is 1.52. The lowest BCUT2D eigenvalue weighted by atomic mass is 10.1. The second-order valence-electron chi connectivity index (χ2n) is 6.04. The van der Waals surface area contributed by atoms with Crippen LogP contribution in [0, 0.1) is 5.82 Å². The number of ether oxygens (including phenoxy) is 1. The van der Waals surface area contributed by atoms with E-state index in [9.17, 15) is 9.18 Å². The maximum atomic E-state index is 13.2. The smallest absolute Gasteiger partial charge is 0.257 e. The molecule has 1 aromatic heterocycles. The molecule has 2 aromatic carbocycles. The monoisotopic (exact) mass is 399 g/mol. The highest BCUT2D eigenvalue weighted by molar-refractivity contribution is 6.31. The molecule has 0 atom stereocenters. The van der Waals surface area contributed by atoms with Gasteiger partial charge in [-0.3, -0.25) is 4.79 Å². The molecule has 0 aliphatic rings. The Morgan fingerprint density at radius 2 is 1.93 bits per heavy atom. The SMILES string of the molecule is COc1ccc(CCNc2ccc(C(=O)Nc3ccc(F)c(Cl)c3)cn2)cc1. The van der Waals surface area contributed by atoms with E-state index in [2.05, 4.69) is 15.6 Å². The number of halogens is 2. The molecule has 7 heteroatoms. The molecule has 0 unspecified atom stereocenters. The van der Waals surface area contributed by atoms with Gasteiger partial charge in [-0.2, -0.15) is 0 Å². The zero-order chi connectivity index (χ0) is 19.9. The van der Waals surface area contributed by atoms with Crippen LogP contribution in [-0.4, -0.2) is 24.5 Å². The number of carbonyl (C=O) groups excluding carboxylic acids is 1. The molecule has 0 spiro atoms. The number of hydrogen-bond acceptors (Lipinski definition) is 4. The molecule has 0 saturated heterocycles. The largest absolute Gasteiger partial charge is 0.497 e. The molecule has 144 valence electrons. The molecule has 1 amide bonds. The molecule has 0 aliphatic carbocycles. The fraction of sp³-hybridized carbons (Fsp3) is 0.143. The first-order valence-electron chi connectivity index (χ1n) is 8.64. The van der Waals surface area contributed by atoms with Crippen molar-refractivity contribution in [3.63, 3.8) is 0 Å². The molecule has 3 aromatic rings. The number of aromatic nitrogens is 1. The average molecular weight is 400 g/mol. The third-order valence-electron chi connectivity index (χ3n) is 4.08. The molecule has 1 heterocycles. The maximum Gasteiger partial charge on any atom is 0.257 e. The van der Waals surface area contributed by atoms with E-state index in [0.29, 0.717) is 23.6 Å². The summed E-state index contributed by atoms with van der Waals surface area (Å²) in [4.78, 5) is 16.5. The number of carbonyl (C=O) groups is 1. The fourth-order valence-corrected chi connectivity index (χ4v) is 2.72. The lowest BCUT2D eigenvalue weighted by molar-refractivity contribution is 0.102. The quantitative estimate of drug-likeness (QED) is 0.599. The Labute approximate surface area is 167 Å². The molecule has 3 rings (SSSR count). The van der Waals surface area contributed by atoms with Gasteiger partial charge in [0, 0.05) is 18.4 Å². The maximum absolute atomic E-state index is 13.2. The number of amides is 1. The number of benzene rings is 2. The highest BCUT2D eigenvalue weighted by Gasteiger charge is 2.08. The zero-order valence-corrected chi connectivity index (χ0v) is 16.0. The zero-order valence-electron chi connectivity index (χ0n) is 15.2. The van der Waals surface area contributed by atoms with E-state index >= 15 is 0 Å². The summed E-state index contributed by atoms with van der Waals surface area (Å²) in [5, 5.41) is 5.83. The van der Waals surface area contributed by atoms with Gasteiger partial charge in [0.2, 0.25) is 0 Å². The summed E-state index contributed by atoms with van der Waals surface area (Å²) in [6.07, 6.45) is 2.31. The topological polar surface area (TPSA) is 63.2 Å². The van der Waals surface area contributed by atoms with Crippen LogP contribution in [0.2, 0.25) is 5.02 Å². The summed E-state index contributed by atoms with van der Waals surface area (Å²) >= 11 is 5.72. The minimum atomic E-state index is -0.536. The minimum absolute atomic E-state index is 0.0488. The molecule has 0 bridgehead atoms. The Hall–Kier alpha value is -3.12. The lowest BCUT2D eigenvalue weighted by Gasteiger charge is -2.08. The van der Waals surface area contributed by atoms with Crippen molar-refractivity contribution in [2.45, 2.75) is 6.42 Å². The van der Waals surface area contributed by atoms with E-state index < -0.39 is 5.82 Å². The van der Waals surface area contributed by atoms with E-state index in [0.717, 1.165) is 12.2 Å². The van der Waals surface area contributed by atoms with Crippen molar-refractivity contribution in [2.24, 2.45) is 0 Å². The molecule has 0 fully saturated rings. The summed E-state index contributed by atoms with van der Waals surface area (Å²) in [7, 11) is 1.64. The van der Waals surface area contributed by atoms with E-state index in [-0.39, 0.29) is 10.9 Å². The van der Waals surface area contributed by atoms with E-state index in [1.807, 2.05) is 24.3 Å². The number of nitrogens with one attached hydrogen (secondary N) is 2. The lowest BCUT2D eigenvalue weighted by Crippen LogP contribution is -2.13. The van der Waals surface area contributed by atoms with Crippen molar-refractivity contribution >= 4 is 29.0 Å². The van der Waals surface area contributed by atoms with E-state index in [4.69, 9.17) is 16.3 Å². The third-order valence-corrected chi connectivity index (χ3v) is 4.37. The first-order valence-corrected chi connectivity index (χ1v) is 9.02. The predicted octanol–water partition coefficient (Wildman–Crippen LogP) is 4.79. The molecular formula is C21H19ClFN3O2. The van der Waals surface area contributed by atoms with Crippen LogP contribution < -0.4 is 15.4 Å². The molecule has 0 aliphatic heterocycles. The van der Waals surface area contributed by atoms with Gasteiger partial charge in [0.25, 0.3) is 5.91 Å². The van der Waals surface area contributed by atoms with Crippen LogP contribution in [0.4, 0.5) is 15.9 Å². The second kappa shape index (κ2) is 9.19. The van der Waals surface area contributed by atoms with Crippen molar-refractivity contribution in [3.8, 4) is 5.75 Å². The number of rotatable bonds is 7. The van der Waals surface area contributed by atoms with Gasteiger partial charge < -0.3 is 15.4 Å². The third kappa shape index (κ3) is 5.20. The number of methoxy groups -OCH3 is 1. The van der Waals surface area contributed by atoms with Crippen LogP contribution in [0.5, 0.6) is 5.75 Å². The number of nitrogens with zero attached hydrogens (tertiary/aromatic N) is 1.